The second-order valence-electron chi connectivity index (χ2n) is 8.80. The molecule has 154 valence electrons. The number of amides is 1. The second-order valence-corrected chi connectivity index (χ2v) is 9.23. The molecule has 0 atom stereocenters. The van der Waals surface area contributed by atoms with Crippen LogP contribution in [0.4, 0.5) is 4.39 Å². The molecule has 0 spiro atoms. The van der Waals surface area contributed by atoms with Gasteiger partial charge in [0.05, 0.1) is 18.1 Å². The van der Waals surface area contributed by atoms with Crippen LogP contribution in [0.25, 0.3) is 0 Å². The van der Waals surface area contributed by atoms with Crippen LogP contribution in [0.1, 0.15) is 55.3 Å². The van der Waals surface area contributed by atoms with Crippen molar-refractivity contribution in [3.05, 3.63) is 34.6 Å². The molecular weight excluding hydrogens is 395 g/mol. The van der Waals surface area contributed by atoms with Crippen molar-refractivity contribution in [3.63, 3.8) is 0 Å². The highest BCUT2D eigenvalue weighted by Crippen LogP contribution is 2.57. The fourth-order valence-electron chi connectivity index (χ4n) is 6.12. The zero-order valence-corrected chi connectivity index (χ0v) is 17.0. The minimum absolute atomic E-state index is 0.217. The van der Waals surface area contributed by atoms with Crippen LogP contribution in [-0.2, 0) is 9.53 Å². The molecule has 0 saturated heterocycles. The van der Waals surface area contributed by atoms with E-state index in [1.807, 2.05) is 0 Å². The van der Waals surface area contributed by atoms with Gasteiger partial charge in [-0.05, 0) is 74.5 Å². The monoisotopic (exact) mass is 418 g/mol. The van der Waals surface area contributed by atoms with Gasteiger partial charge in [0, 0.05) is 17.1 Å². The average molecular weight is 419 g/mol. The van der Waals surface area contributed by atoms with Crippen molar-refractivity contribution < 1.29 is 18.7 Å². The van der Waals surface area contributed by atoms with Crippen LogP contribution in [0.15, 0.2) is 18.2 Å². The fraction of sp³-hybridized carbons (Fsp3) is 0.591. The van der Waals surface area contributed by atoms with E-state index in [4.69, 9.17) is 21.6 Å². The maximum absolute atomic E-state index is 13.9. The highest BCUT2D eigenvalue weighted by molar-refractivity contribution is 6.30. The molecule has 5 rings (SSSR count). The summed E-state index contributed by atoms with van der Waals surface area (Å²) in [5.41, 5.74) is -0.514. The molecule has 4 fully saturated rings. The van der Waals surface area contributed by atoms with Crippen molar-refractivity contribution in [1.82, 2.24) is 4.90 Å². The number of carbonyl (C=O) groups excluding carboxylic acids is 2. The molecule has 0 aliphatic heterocycles. The lowest BCUT2D eigenvalue weighted by Crippen LogP contribution is -2.62. The van der Waals surface area contributed by atoms with Crippen molar-refractivity contribution in [2.24, 2.45) is 17.8 Å². The first-order valence-electron chi connectivity index (χ1n) is 10.2. The SMILES string of the molecule is N#CCCN(C(=O)COC(=O)c1cc(Cl)ccc1F)C12CC3CC(CC(C3)C1)C2. The van der Waals surface area contributed by atoms with Gasteiger partial charge in [0.15, 0.2) is 6.61 Å². The summed E-state index contributed by atoms with van der Waals surface area (Å²) < 4.78 is 19.0. The summed E-state index contributed by atoms with van der Waals surface area (Å²) in [7, 11) is 0. The highest BCUT2D eigenvalue weighted by atomic mass is 35.5. The van der Waals surface area contributed by atoms with Crippen LogP contribution in [0.3, 0.4) is 0 Å². The molecule has 0 aromatic heterocycles. The molecule has 4 aliphatic carbocycles. The van der Waals surface area contributed by atoms with Gasteiger partial charge in [-0.1, -0.05) is 11.6 Å². The van der Waals surface area contributed by atoms with Crippen LogP contribution < -0.4 is 0 Å². The summed E-state index contributed by atoms with van der Waals surface area (Å²) in [6.45, 7) is -0.122. The Labute approximate surface area is 174 Å². The summed E-state index contributed by atoms with van der Waals surface area (Å²) in [5, 5.41) is 9.29. The molecule has 0 unspecified atom stereocenters. The largest absolute Gasteiger partial charge is 0.452 e. The van der Waals surface area contributed by atoms with Gasteiger partial charge in [0.1, 0.15) is 5.82 Å². The molecule has 5 nitrogen and oxygen atoms in total. The van der Waals surface area contributed by atoms with E-state index in [1.165, 1.54) is 31.4 Å². The lowest BCUT2D eigenvalue weighted by Gasteiger charge is -2.60. The first kappa shape index (κ1) is 20.2. The van der Waals surface area contributed by atoms with Gasteiger partial charge in [-0.15, -0.1) is 0 Å². The number of hydrogen-bond donors (Lipinski definition) is 0. The number of hydrogen-bond acceptors (Lipinski definition) is 4. The summed E-state index contributed by atoms with van der Waals surface area (Å²) in [6, 6.07) is 5.75. The molecule has 4 saturated carbocycles. The summed E-state index contributed by atoms with van der Waals surface area (Å²) in [4.78, 5) is 27.1. The Morgan fingerprint density at radius 3 is 2.41 bits per heavy atom. The minimum atomic E-state index is -0.913. The van der Waals surface area contributed by atoms with E-state index in [1.54, 1.807) is 4.90 Å². The summed E-state index contributed by atoms with van der Waals surface area (Å²) in [5.74, 6) is -0.0402. The van der Waals surface area contributed by atoms with Crippen molar-refractivity contribution in [1.29, 1.82) is 5.26 Å². The smallest absolute Gasteiger partial charge is 0.341 e. The van der Waals surface area contributed by atoms with E-state index in [0.29, 0.717) is 24.3 Å². The predicted octanol–water partition coefficient (Wildman–Crippen LogP) is 4.35. The topological polar surface area (TPSA) is 70.4 Å². The molecule has 1 aromatic carbocycles. The number of nitriles is 1. The third kappa shape index (κ3) is 3.98. The predicted molar refractivity (Wildman–Crippen MR) is 105 cm³/mol. The van der Waals surface area contributed by atoms with Gasteiger partial charge in [0.25, 0.3) is 5.91 Å². The number of ether oxygens (including phenoxy) is 1. The van der Waals surface area contributed by atoms with E-state index >= 15 is 0 Å². The Bertz CT molecular complexity index is 831. The molecule has 1 amide bonds. The third-order valence-electron chi connectivity index (χ3n) is 6.80. The molecule has 0 N–H and O–H groups in total. The van der Waals surface area contributed by atoms with E-state index in [0.717, 1.165) is 25.3 Å². The molecule has 29 heavy (non-hydrogen) atoms. The highest BCUT2D eigenvalue weighted by Gasteiger charge is 2.54. The summed E-state index contributed by atoms with van der Waals surface area (Å²) >= 11 is 5.83. The quantitative estimate of drug-likeness (QED) is 0.644. The van der Waals surface area contributed by atoms with Gasteiger partial charge < -0.3 is 9.64 Å². The second kappa shape index (κ2) is 7.95. The normalized spacial score (nSPS) is 29.3. The van der Waals surface area contributed by atoms with Crippen LogP contribution in [0.5, 0.6) is 0 Å². The standard InChI is InChI=1S/C22H24ClFN2O3/c23-17-2-3-19(24)18(9-17)21(28)29-13-20(27)26(5-1-4-25)22-10-14-6-15(11-22)8-16(7-14)12-22/h2-3,9,14-16H,1,5-8,10-13H2. The first-order valence-corrected chi connectivity index (χ1v) is 10.6. The summed E-state index contributed by atoms with van der Waals surface area (Å²) in [6.07, 6.45) is 6.85. The van der Waals surface area contributed by atoms with Gasteiger partial charge in [-0.25, -0.2) is 9.18 Å². The number of esters is 1. The number of nitrogens with zero attached hydrogens (tertiary/aromatic N) is 2. The van der Waals surface area contributed by atoms with E-state index in [2.05, 4.69) is 6.07 Å². The molecule has 1 aromatic rings. The lowest BCUT2D eigenvalue weighted by molar-refractivity contribution is -0.153. The van der Waals surface area contributed by atoms with E-state index in [9.17, 15) is 14.0 Å². The maximum Gasteiger partial charge on any atom is 0.341 e. The van der Waals surface area contributed by atoms with Gasteiger partial charge >= 0.3 is 5.97 Å². The van der Waals surface area contributed by atoms with E-state index < -0.39 is 18.4 Å². The zero-order valence-electron chi connectivity index (χ0n) is 16.2. The first-order chi connectivity index (χ1) is 13.9. The zero-order chi connectivity index (χ0) is 20.6. The van der Waals surface area contributed by atoms with Crippen LogP contribution in [0, 0.1) is 34.9 Å². The van der Waals surface area contributed by atoms with Gasteiger partial charge in [0.2, 0.25) is 0 Å². The molecule has 0 radical (unpaired) electrons. The van der Waals surface area contributed by atoms with Crippen molar-refractivity contribution in [2.75, 3.05) is 13.2 Å². The van der Waals surface area contributed by atoms with E-state index in [-0.39, 0.29) is 28.5 Å². The number of carbonyl (C=O) groups is 2. The molecular formula is C22H24ClFN2O3. The molecule has 4 aliphatic rings. The Balaban J connectivity index is 1.47. The minimum Gasteiger partial charge on any atom is -0.452 e. The van der Waals surface area contributed by atoms with Crippen LogP contribution in [0.2, 0.25) is 5.02 Å². The molecule has 0 heterocycles. The molecule has 4 bridgehead atoms. The van der Waals surface area contributed by atoms with Gasteiger partial charge in [-0.3, -0.25) is 4.79 Å². The molecule has 7 heteroatoms. The Morgan fingerprint density at radius 2 is 1.83 bits per heavy atom. The van der Waals surface area contributed by atoms with Gasteiger partial charge in [-0.2, -0.15) is 5.26 Å². The fourth-order valence-corrected chi connectivity index (χ4v) is 6.29. The van der Waals surface area contributed by atoms with Crippen molar-refractivity contribution in [3.8, 4) is 6.07 Å². The van der Waals surface area contributed by atoms with Crippen molar-refractivity contribution >= 4 is 23.5 Å². The van der Waals surface area contributed by atoms with Crippen LogP contribution in [-0.4, -0.2) is 35.5 Å². The Kier molecular flexibility index (Phi) is 5.52. The van der Waals surface area contributed by atoms with Crippen molar-refractivity contribution in [2.45, 2.75) is 50.5 Å². The Morgan fingerprint density at radius 1 is 1.21 bits per heavy atom. The number of rotatable bonds is 6. The average Bonchev–Trinajstić information content (AvgIpc) is 2.67. The maximum atomic E-state index is 13.9. The number of benzene rings is 1. The van der Waals surface area contributed by atoms with Crippen LogP contribution >= 0.6 is 11.6 Å². The lowest BCUT2D eigenvalue weighted by atomic mass is 9.52. The third-order valence-corrected chi connectivity index (χ3v) is 7.04. The Hall–Kier alpha value is -2.13. The number of halogens is 2.